The van der Waals surface area contributed by atoms with Crippen LogP contribution in [-0.4, -0.2) is 23.9 Å². The Morgan fingerprint density at radius 2 is 2.26 bits per heavy atom. The number of thiophene rings is 1. The van der Waals surface area contributed by atoms with Crippen molar-refractivity contribution in [3.63, 3.8) is 0 Å². The van der Waals surface area contributed by atoms with Gasteiger partial charge in [-0.05, 0) is 54.6 Å². The molecule has 2 heterocycles. The zero-order valence-corrected chi connectivity index (χ0v) is 14.4. The molecule has 0 fully saturated rings. The van der Waals surface area contributed by atoms with Crippen molar-refractivity contribution in [2.45, 2.75) is 25.8 Å². The number of anilines is 2. The molecule has 0 radical (unpaired) electrons. The average molecular weight is 350 g/mol. The van der Waals surface area contributed by atoms with Gasteiger partial charge in [-0.3, -0.25) is 9.69 Å². The molecule has 3 N–H and O–H groups in total. The minimum Gasteiger partial charge on any atom is -0.397 e. The number of hydrogen-bond acceptors (Lipinski definition) is 4. The summed E-state index contributed by atoms with van der Waals surface area (Å²) in [6.07, 6.45) is 2.45. The molecule has 0 saturated carbocycles. The highest BCUT2D eigenvalue weighted by Crippen LogP contribution is 2.25. The van der Waals surface area contributed by atoms with E-state index in [0.29, 0.717) is 22.8 Å². The molecule has 3 rings (SSSR count). The van der Waals surface area contributed by atoms with Crippen molar-refractivity contribution < 1.29 is 4.79 Å². The predicted octanol–water partition coefficient (Wildman–Crippen LogP) is 3.76. The number of hydrogen-bond donors (Lipinski definition) is 2. The summed E-state index contributed by atoms with van der Waals surface area (Å²) in [7, 11) is 0. The van der Waals surface area contributed by atoms with E-state index in [0.717, 1.165) is 32.5 Å². The summed E-state index contributed by atoms with van der Waals surface area (Å²) in [5.74, 6) is -0.0211. The van der Waals surface area contributed by atoms with Crippen LogP contribution in [-0.2, 0) is 17.8 Å². The lowest BCUT2D eigenvalue weighted by molar-refractivity contribution is -0.116. The van der Waals surface area contributed by atoms with Crippen LogP contribution in [0.2, 0.25) is 5.02 Å². The van der Waals surface area contributed by atoms with Gasteiger partial charge >= 0.3 is 0 Å². The molecule has 0 saturated heterocycles. The number of halogens is 1. The summed E-state index contributed by atoms with van der Waals surface area (Å²) in [4.78, 5) is 16.0. The third-order valence-corrected chi connectivity index (χ3v) is 5.31. The second kappa shape index (κ2) is 7.34. The number of nitrogen functional groups attached to an aromatic ring is 1. The quantitative estimate of drug-likeness (QED) is 0.808. The van der Waals surface area contributed by atoms with Gasteiger partial charge in [-0.2, -0.15) is 0 Å². The van der Waals surface area contributed by atoms with Crippen molar-refractivity contribution in [3.8, 4) is 0 Å². The van der Waals surface area contributed by atoms with Crippen molar-refractivity contribution >= 4 is 40.2 Å². The molecule has 1 aromatic heterocycles. The number of amides is 1. The second-order valence-corrected chi connectivity index (χ2v) is 7.22. The molecule has 122 valence electrons. The standard InChI is InChI=1S/C17H20ClN3OS/c18-13-3-4-14(19)15(10-13)20-17(22)2-1-7-21-8-5-16-12(11-21)6-9-23-16/h3-4,6,9-10H,1-2,5,7-8,11,19H2,(H,20,22). The topological polar surface area (TPSA) is 58.4 Å². The fourth-order valence-electron chi connectivity index (χ4n) is 2.81. The van der Waals surface area contributed by atoms with Gasteiger partial charge < -0.3 is 11.1 Å². The summed E-state index contributed by atoms with van der Waals surface area (Å²) < 4.78 is 0. The number of nitrogens with zero attached hydrogens (tertiary/aromatic N) is 1. The van der Waals surface area contributed by atoms with Crippen molar-refractivity contribution in [1.82, 2.24) is 4.90 Å². The lowest BCUT2D eigenvalue weighted by Gasteiger charge is -2.26. The zero-order chi connectivity index (χ0) is 16.2. The molecule has 0 unspecified atom stereocenters. The number of benzene rings is 1. The van der Waals surface area contributed by atoms with E-state index in [1.165, 1.54) is 10.4 Å². The van der Waals surface area contributed by atoms with Gasteiger partial charge in [-0.25, -0.2) is 0 Å². The maximum atomic E-state index is 12.0. The van der Waals surface area contributed by atoms with E-state index < -0.39 is 0 Å². The Hall–Kier alpha value is -1.56. The molecule has 6 heteroatoms. The highest BCUT2D eigenvalue weighted by Gasteiger charge is 2.17. The Kier molecular flexibility index (Phi) is 5.20. The Balaban J connectivity index is 1.44. The highest BCUT2D eigenvalue weighted by molar-refractivity contribution is 7.10. The SMILES string of the molecule is Nc1ccc(Cl)cc1NC(=O)CCCN1CCc2sccc2C1. The smallest absolute Gasteiger partial charge is 0.224 e. The first-order valence-corrected chi connectivity index (χ1v) is 9.00. The largest absolute Gasteiger partial charge is 0.397 e. The molecule has 1 aliphatic rings. The van der Waals surface area contributed by atoms with Crippen molar-refractivity contribution in [1.29, 1.82) is 0 Å². The molecule has 1 aliphatic heterocycles. The lowest BCUT2D eigenvalue weighted by Crippen LogP contribution is -2.31. The van der Waals surface area contributed by atoms with Crippen LogP contribution in [0.1, 0.15) is 23.3 Å². The monoisotopic (exact) mass is 349 g/mol. The number of carbonyl (C=O) groups excluding carboxylic acids is 1. The summed E-state index contributed by atoms with van der Waals surface area (Å²) in [5.41, 5.74) is 8.40. The van der Waals surface area contributed by atoms with E-state index >= 15 is 0 Å². The number of fused-ring (bicyclic) bond motifs is 1. The van der Waals surface area contributed by atoms with E-state index in [1.807, 2.05) is 11.3 Å². The summed E-state index contributed by atoms with van der Waals surface area (Å²) in [6.45, 7) is 3.02. The van der Waals surface area contributed by atoms with E-state index in [2.05, 4.69) is 21.7 Å². The van der Waals surface area contributed by atoms with E-state index in [4.69, 9.17) is 17.3 Å². The Labute approximate surface area is 145 Å². The number of nitrogens with one attached hydrogen (secondary N) is 1. The predicted molar refractivity (Wildman–Crippen MR) is 97.0 cm³/mol. The summed E-state index contributed by atoms with van der Waals surface area (Å²) in [5, 5.41) is 5.56. The number of nitrogens with two attached hydrogens (primary N) is 1. The highest BCUT2D eigenvalue weighted by atomic mass is 35.5. The first-order valence-electron chi connectivity index (χ1n) is 7.74. The van der Waals surface area contributed by atoms with Gasteiger partial charge in [0.25, 0.3) is 0 Å². The van der Waals surface area contributed by atoms with Crippen LogP contribution in [0, 0.1) is 0 Å². The van der Waals surface area contributed by atoms with Gasteiger partial charge in [0.05, 0.1) is 11.4 Å². The molecule has 4 nitrogen and oxygen atoms in total. The van der Waals surface area contributed by atoms with E-state index in [-0.39, 0.29) is 5.91 Å². The molecular formula is C17H20ClN3OS. The molecule has 0 spiro atoms. The summed E-state index contributed by atoms with van der Waals surface area (Å²) >= 11 is 7.77. The maximum Gasteiger partial charge on any atom is 0.224 e. The van der Waals surface area contributed by atoms with Crippen LogP contribution < -0.4 is 11.1 Å². The first kappa shape index (κ1) is 16.3. The van der Waals surface area contributed by atoms with Crippen LogP contribution in [0.3, 0.4) is 0 Å². The molecule has 0 atom stereocenters. The summed E-state index contributed by atoms with van der Waals surface area (Å²) in [6, 6.07) is 7.30. The van der Waals surface area contributed by atoms with Gasteiger partial charge in [-0.1, -0.05) is 11.6 Å². The third kappa shape index (κ3) is 4.25. The first-order chi connectivity index (χ1) is 11.1. The second-order valence-electron chi connectivity index (χ2n) is 5.78. The minimum atomic E-state index is -0.0211. The number of carbonyl (C=O) groups is 1. The molecule has 1 aromatic carbocycles. The molecule has 23 heavy (non-hydrogen) atoms. The van der Waals surface area contributed by atoms with Gasteiger partial charge in [0.1, 0.15) is 0 Å². The van der Waals surface area contributed by atoms with Gasteiger partial charge in [0, 0.05) is 29.4 Å². The van der Waals surface area contributed by atoms with Gasteiger partial charge in [0.2, 0.25) is 5.91 Å². The van der Waals surface area contributed by atoms with Crippen molar-refractivity contribution in [2.24, 2.45) is 0 Å². The van der Waals surface area contributed by atoms with E-state index in [9.17, 15) is 4.79 Å². The van der Waals surface area contributed by atoms with Gasteiger partial charge in [-0.15, -0.1) is 11.3 Å². The third-order valence-electron chi connectivity index (χ3n) is 4.05. The lowest BCUT2D eigenvalue weighted by atomic mass is 10.1. The minimum absolute atomic E-state index is 0.0211. The average Bonchev–Trinajstić information content (AvgIpc) is 2.98. The number of rotatable bonds is 5. The Bertz CT molecular complexity index is 701. The van der Waals surface area contributed by atoms with E-state index in [1.54, 1.807) is 18.2 Å². The molecular weight excluding hydrogens is 330 g/mol. The fourth-order valence-corrected chi connectivity index (χ4v) is 3.87. The molecule has 0 bridgehead atoms. The van der Waals surface area contributed by atoms with Crippen LogP contribution in [0.5, 0.6) is 0 Å². The molecule has 2 aromatic rings. The van der Waals surface area contributed by atoms with Crippen molar-refractivity contribution in [3.05, 3.63) is 45.1 Å². The van der Waals surface area contributed by atoms with Crippen LogP contribution in [0.4, 0.5) is 11.4 Å². The fraction of sp³-hybridized carbons (Fsp3) is 0.353. The zero-order valence-electron chi connectivity index (χ0n) is 12.8. The normalized spacial score (nSPS) is 14.5. The van der Waals surface area contributed by atoms with Crippen LogP contribution in [0.25, 0.3) is 0 Å². The molecule has 0 aliphatic carbocycles. The van der Waals surface area contributed by atoms with Gasteiger partial charge in [0.15, 0.2) is 0 Å². The molecule has 1 amide bonds. The van der Waals surface area contributed by atoms with Crippen LogP contribution in [0.15, 0.2) is 29.6 Å². The van der Waals surface area contributed by atoms with Crippen molar-refractivity contribution in [2.75, 3.05) is 24.1 Å². The maximum absolute atomic E-state index is 12.0. The Morgan fingerprint density at radius 1 is 1.39 bits per heavy atom. The van der Waals surface area contributed by atoms with Crippen LogP contribution >= 0.6 is 22.9 Å². The Morgan fingerprint density at radius 3 is 3.13 bits per heavy atom.